The second-order valence-electron chi connectivity index (χ2n) is 4.45. The summed E-state index contributed by atoms with van der Waals surface area (Å²) in [6, 6.07) is -0.491. The van der Waals surface area contributed by atoms with Gasteiger partial charge in [-0.1, -0.05) is 18.2 Å². The van der Waals surface area contributed by atoms with Crippen molar-refractivity contribution in [2.75, 3.05) is 14.1 Å². The highest BCUT2D eigenvalue weighted by Gasteiger charge is 2.31. The van der Waals surface area contributed by atoms with Gasteiger partial charge in [-0.15, -0.1) is 11.8 Å². The van der Waals surface area contributed by atoms with Gasteiger partial charge in [-0.3, -0.25) is 14.7 Å². The lowest BCUT2D eigenvalue weighted by molar-refractivity contribution is -0.140. The first-order valence-corrected chi connectivity index (χ1v) is 6.37. The highest BCUT2D eigenvalue weighted by Crippen LogP contribution is 2.33. The number of hydrogen-bond donors (Lipinski definition) is 1. The van der Waals surface area contributed by atoms with Gasteiger partial charge in [0.05, 0.1) is 16.3 Å². The van der Waals surface area contributed by atoms with Crippen molar-refractivity contribution >= 4 is 22.8 Å². The molecule has 0 spiro atoms. The van der Waals surface area contributed by atoms with Gasteiger partial charge in [-0.05, 0) is 26.6 Å². The number of carboxylic acid groups (broad SMARTS) is 1. The SMILES string of the molecule is CC1=NC2C=C([C@H](C(=O)O)N(C)C)C=CC2S1. The average molecular weight is 252 g/mol. The predicted octanol–water partition coefficient (Wildman–Crippen LogP) is 1.40. The van der Waals surface area contributed by atoms with E-state index in [9.17, 15) is 9.90 Å². The maximum Gasteiger partial charge on any atom is 0.325 e. The molecule has 1 heterocycles. The summed E-state index contributed by atoms with van der Waals surface area (Å²) in [5, 5.41) is 10.6. The van der Waals surface area contributed by atoms with E-state index in [4.69, 9.17) is 0 Å². The molecule has 0 aromatic carbocycles. The van der Waals surface area contributed by atoms with Crippen molar-refractivity contribution in [2.24, 2.45) is 4.99 Å². The molecule has 3 atom stereocenters. The Bertz CT molecular complexity index is 426. The zero-order valence-corrected chi connectivity index (χ0v) is 10.9. The summed E-state index contributed by atoms with van der Waals surface area (Å²) in [6.07, 6.45) is 5.96. The quantitative estimate of drug-likeness (QED) is 0.825. The summed E-state index contributed by atoms with van der Waals surface area (Å²) >= 11 is 1.74. The fraction of sp³-hybridized carbons (Fsp3) is 0.500. The maximum atomic E-state index is 11.2. The molecule has 1 aliphatic heterocycles. The molecular weight excluding hydrogens is 236 g/mol. The summed E-state index contributed by atoms with van der Waals surface area (Å²) < 4.78 is 0. The molecule has 2 aliphatic rings. The highest BCUT2D eigenvalue weighted by molar-refractivity contribution is 8.14. The van der Waals surface area contributed by atoms with Crippen molar-refractivity contribution in [2.45, 2.75) is 24.3 Å². The summed E-state index contributed by atoms with van der Waals surface area (Å²) in [4.78, 5) is 17.4. The summed E-state index contributed by atoms with van der Waals surface area (Å²) in [5.74, 6) is -0.823. The number of hydrogen-bond acceptors (Lipinski definition) is 4. The lowest BCUT2D eigenvalue weighted by Crippen LogP contribution is -2.38. The second-order valence-corrected chi connectivity index (χ2v) is 5.82. The Labute approximate surface area is 105 Å². The minimum atomic E-state index is -0.823. The lowest BCUT2D eigenvalue weighted by Gasteiger charge is -2.25. The third-order valence-corrected chi connectivity index (χ3v) is 4.04. The first-order chi connectivity index (χ1) is 7.99. The van der Waals surface area contributed by atoms with E-state index in [0.717, 1.165) is 10.6 Å². The Morgan fingerprint density at radius 3 is 2.88 bits per heavy atom. The summed E-state index contributed by atoms with van der Waals surface area (Å²) in [6.45, 7) is 1.99. The Hall–Kier alpha value is -1.07. The normalized spacial score (nSPS) is 28.7. The minimum absolute atomic E-state index is 0.0989. The molecule has 0 radical (unpaired) electrons. The van der Waals surface area contributed by atoms with Crippen LogP contribution in [0.15, 0.2) is 28.8 Å². The standard InChI is InChI=1S/C12H16N2O2S/c1-7-13-9-6-8(4-5-10(9)17-7)11(12(15)16)14(2)3/h4-6,9-11H,1-3H3,(H,15,16)/t9?,10?,11-/m1/s1. The van der Waals surface area contributed by atoms with Crippen LogP contribution in [0.1, 0.15) is 6.92 Å². The van der Waals surface area contributed by atoms with Crippen molar-refractivity contribution < 1.29 is 9.90 Å². The van der Waals surface area contributed by atoms with Crippen molar-refractivity contribution in [1.82, 2.24) is 4.90 Å². The molecule has 1 aliphatic carbocycles. The number of aliphatic imine (C=N–C) groups is 1. The molecule has 2 rings (SSSR count). The van der Waals surface area contributed by atoms with Gasteiger partial charge < -0.3 is 5.11 Å². The zero-order valence-electron chi connectivity index (χ0n) is 10.1. The molecule has 1 N–H and O–H groups in total. The maximum absolute atomic E-state index is 11.2. The summed E-state index contributed by atoms with van der Waals surface area (Å²) in [7, 11) is 3.55. The van der Waals surface area contributed by atoms with Crippen LogP contribution in [0.2, 0.25) is 0 Å². The van der Waals surface area contributed by atoms with Crippen LogP contribution in [0, 0.1) is 0 Å². The molecule has 4 nitrogen and oxygen atoms in total. The van der Waals surface area contributed by atoms with Crippen LogP contribution in [-0.2, 0) is 4.79 Å². The Morgan fingerprint density at radius 1 is 1.59 bits per heavy atom. The molecule has 17 heavy (non-hydrogen) atoms. The number of rotatable bonds is 3. The van der Waals surface area contributed by atoms with Crippen LogP contribution in [0.25, 0.3) is 0 Å². The van der Waals surface area contributed by atoms with Crippen molar-refractivity contribution in [3.05, 3.63) is 23.8 Å². The van der Waals surface area contributed by atoms with Gasteiger partial charge in [0.25, 0.3) is 0 Å². The van der Waals surface area contributed by atoms with Crippen LogP contribution in [0.5, 0.6) is 0 Å². The fourth-order valence-electron chi connectivity index (χ4n) is 2.17. The second kappa shape index (κ2) is 4.66. The molecule has 0 amide bonds. The largest absolute Gasteiger partial charge is 0.480 e. The van der Waals surface area contributed by atoms with E-state index in [1.54, 1.807) is 30.8 Å². The fourth-order valence-corrected chi connectivity index (χ4v) is 3.18. The van der Waals surface area contributed by atoms with Crippen molar-refractivity contribution in [3.8, 4) is 0 Å². The molecule has 0 saturated heterocycles. The van der Waals surface area contributed by atoms with Gasteiger partial charge in [0, 0.05) is 0 Å². The first-order valence-electron chi connectivity index (χ1n) is 5.49. The van der Waals surface area contributed by atoms with Gasteiger partial charge in [0.2, 0.25) is 0 Å². The molecule has 0 fully saturated rings. The van der Waals surface area contributed by atoms with E-state index in [1.165, 1.54) is 0 Å². The third-order valence-electron chi connectivity index (χ3n) is 2.88. The van der Waals surface area contributed by atoms with Gasteiger partial charge in [-0.25, -0.2) is 0 Å². The summed E-state index contributed by atoms with van der Waals surface area (Å²) in [5.41, 5.74) is 0.822. The molecular formula is C12H16N2O2S. The Balaban J connectivity index is 2.25. The van der Waals surface area contributed by atoms with Gasteiger partial charge >= 0.3 is 5.97 Å². The Morgan fingerprint density at radius 2 is 2.29 bits per heavy atom. The first kappa shape index (κ1) is 12.4. The molecule has 0 bridgehead atoms. The van der Waals surface area contributed by atoms with E-state index in [1.807, 2.05) is 19.1 Å². The van der Waals surface area contributed by atoms with Crippen LogP contribution in [0.3, 0.4) is 0 Å². The van der Waals surface area contributed by atoms with E-state index in [2.05, 4.69) is 11.1 Å². The van der Waals surface area contributed by atoms with Crippen LogP contribution in [-0.4, -0.2) is 52.4 Å². The number of thioether (sulfide) groups is 1. The van der Waals surface area contributed by atoms with Crippen molar-refractivity contribution in [1.29, 1.82) is 0 Å². The van der Waals surface area contributed by atoms with Gasteiger partial charge in [0.15, 0.2) is 0 Å². The zero-order chi connectivity index (χ0) is 12.6. The predicted molar refractivity (Wildman–Crippen MR) is 70.6 cm³/mol. The molecule has 0 aromatic rings. The number of carbonyl (C=O) groups is 1. The van der Waals surface area contributed by atoms with Gasteiger partial charge in [0.1, 0.15) is 6.04 Å². The van der Waals surface area contributed by atoms with Crippen LogP contribution in [0.4, 0.5) is 0 Å². The number of likely N-dealkylation sites (N-methyl/N-ethyl adjacent to an activating group) is 1. The van der Waals surface area contributed by atoms with E-state index < -0.39 is 12.0 Å². The van der Waals surface area contributed by atoms with Gasteiger partial charge in [-0.2, -0.15) is 0 Å². The monoisotopic (exact) mass is 252 g/mol. The smallest absolute Gasteiger partial charge is 0.325 e. The average Bonchev–Trinajstić information content (AvgIpc) is 2.56. The third kappa shape index (κ3) is 2.45. The number of aliphatic carboxylic acids is 1. The topological polar surface area (TPSA) is 52.9 Å². The van der Waals surface area contributed by atoms with Crippen molar-refractivity contribution in [3.63, 3.8) is 0 Å². The van der Waals surface area contributed by atoms with E-state index in [0.29, 0.717) is 5.25 Å². The molecule has 5 heteroatoms. The molecule has 92 valence electrons. The minimum Gasteiger partial charge on any atom is -0.480 e. The van der Waals surface area contributed by atoms with E-state index >= 15 is 0 Å². The molecule has 2 unspecified atom stereocenters. The molecule has 0 saturated carbocycles. The lowest BCUT2D eigenvalue weighted by atomic mass is 9.96. The van der Waals surface area contributed by atoms with Crippen LogP contribution >= 0.6 is 11.8 Å². The number of fused-ring (bicyclic) bond motifs is 1. The highest BCUT2D eigenvalue weighted by atomic mass is 32.2. The number of nitrogens with zero attached hydrogens (tertiary/aromatic N) is 2. The van der Waals surface area contributed by atoms with Crippen LogP contribution < -0.4 is 0 Å². The number of carboxylic acids is 1. The molecule has 0 aromatic heterocycles. The Kier molecular flexibility index (Phi) is 3.40. The van der Waals surface area contributed by atoms with E-state index in [-0.39, 0.29) is 6.04 Å².